The Morgan fingerprint density at radius 1 is 1.45 bits per heavy atom. The first-order chi connectivity index (χ1) is 10.4. The van der Waals surface area contributed by atoms with Crippen LogP contribution < -0.4 is 10.2 Å². The van der Waals surface area contributed by atoms with Gasteiger partial charge in [0.15, 0.2) is 5.12 Å². The third-order valence-corrected chi connectivity index (χ3v) is 4.58. The topological polar surface area (TPSA) is 86.7 Å². The minimum absolute atomic E-state index is 0.0367. The molecular formula is C15H18N2O4S. The maximum absolute atomic E-state index is 12.2. The van der Waals surface area contributed by atoms with Gasteiger partial charge in [-0.1, -0.05) is 11.8 Å². The molecule has 7 heteroatoms. The highest BCUT2D eigenvalue weighted by atomic mass is 32.2. The zero-order valence-electron chi connectivity index (χ0n) is 12.5. The summed E-state index contributed by atoms with van der Waals surface area (Å²) in [5.74, 6) is -0.377. The van der Waals surface area contributed by atoms with Crippen molar-refractivity contribution in [3.8, 4) is 0 Å². The number of hydrogen-bond donors (Lipinski definition) is 2. The van der Waals surface area contributed by atoms with Gasteiger partial charge in [-0.25, -0.2) is 4.79 Å². The number of benzene rings is 1. The number of aromatic carboxylic acids is 1. The Morgan fingerprint density at radius 3 is 2.77 bits per heavy atom. The number of hydrogen-bond acceptors (Lipinski definition) is 5. The normalized spacial score (nSPS) is 17.6. The molecule has 2 N–H and O–H groups in total. The van der Waals surface area contributed by atoms with E-state index in [9.17, 15) is 14.4 Å². The predicted octanol–water partition coefficient (Wildman–Crippen LogP) is 2.06. The van der Waals surface area contributed by atoms with Crippen molar-refractivity contribution in [1.29, 1.82) is 0 Å². The number of carboxylic acid groups (broad SMARTS) is 1. The number of carbonyl (C=O) groups is 3. The number of amides is 1. The van der Waals surface area contributed by atoms with Crippen LogP contribution in [0.15, 0.2) is 18.2 Å². The van der Waals surface area contributed by atoms with E-state index >= 15 is 0 Å². The van der Waals surface area contributed by atoms with E-state index in [1.807, 2.05) is 0 Å². The quantitative estimate of drug-likeness (QED) is 0.863. The van der Waals surface area contributed by atoms with Crippen molar-refractivity contribution < 1.29 is 19.5 Å². The molecule has 0 spiro atoms. The summed E-state index contributed by atoms with van der Waals surface area (Å²) in [7, 11) is 1.73. The van der Waals surface area contributed by atoms with Crippen molar-refractivity contribution in [3.63, 3.8) is 0 Å². The molecule has 1 saturated heterocycles. The summed E-state index contributed by atoms with van der Waals surface area (Å²) in [5, 5.41) is 12.1. The standard InChI is InChI=1S/C15H18N2O4S/c1-9(18)22-8-10-5-14(19)17(7-10)13-6-11(15(20)21)3-4-12(13)16-2/h3-4,6,10,16H,5,7-8H2,1-2H3,(H,20,21). The van der Waals surface area contributed by atoms with Crippen LogP contribution in [-0.4, -0.2) is 41.4 Å². The zero-order valence-corrected chi connectivity index (χ0v) is 13.3. The van der Waals surface area contributed by atoms with E-state index in [0.717, 1.165) is 0 Å². The molecule has 22 heavy (non-hydrogen) atoms. The zero-order chi connectivity index (χ0) is 16.3. The van der Waals surface area contributed by atoms with Gasteiger partial charge in [-0.3, -0.25) is 9.59 Å². The van der Waals surface area contributed by atoms with E-state index < -0.39 is 5.97 Å². The lowest BCUT2D eigenvalue weighted by Gasteiger charge is -2.20. The number of carboxylic acids is 1. The van der Waals surface area contributed by atoms with Crippen molar-refractivity contribution in [3.05, 3.63) is 23.8 Å². The van der Waals surface area contributed by atoms with E-state index in [0.29, 0.717) is 30.1 Å². The fourth-order valence-corrected chi connectivity index (χ4v) is 3.15. The minimum atomic E-state index is -1.03. The van der Waals surface area contributed by atoms with Crippen LogP contribution in [0.5, 0.6) is 0 Å². The molecule has 1 aromatic carbocycles. The average Bonchev–Trinajstić information content (AvgIpc) is 2.85. The van der Waals surface area contributed by atoms with Crippen LogP contribution in [0.2, 0.25) is 0 Å². The van der Waals surface area contributed by atoms with Gasteiger partial charge in [-0.15, -0.1) is 0 Å². The third kappa shape index (κ3) is 3.59. The first-order valence-corrected chi connectivity index (χ1v) is 7.89. The highest BCUT2D eigenvalue weighted by molar-refractivity contribution is 8.13. The Kier molecular flexibility index (Phi) is 5.07. The second-order valence-corrected chi connectivity index (χ2v) is 6.36. The maximum Gasteiger partial charge on any atom is 0.335 e. The molecule has 1 aliphatic heterocycles. The van der Waals surface area contributed by atoms with Crippen LogP contribution in [0.25, 0.3) is 0 Å². The lowest BCUT2D eigenvalue weighted by atomic mass is 10.1. The number of nitrogens with one attached hydrogen (secondary N) is 1. The van der Waals surface area contributed by atoms with E-state index in [-0.39, 0.29) is 22.5 Å². The molecule has 118 valence electrons. The van der Waals surface area contributed by atoms with Gasteiger partial charge in [0.05, 0.1) is 16.9 Å². The van der Waals surface area contributed by atoms with Crippen molar-refractivity contribution >= 4 is 40.1 Å². The van der Waals surface area contributed by atoms with Crippen LogP contribution in [-0.2, 0) is 9.59 Å². The number of rotatable bonds is 5. The molecular weight excluding hydrogens is 304 g/mol. The molecule has 0 radical (unpaired) electrons. The van der Waals surface area contributed by atoms with E-state index in [1.165, 1.54) is 30.8 Å². The van der Waals surface area contributed by atoms with Crippen molar-refractivity contribution in [2.45, 2.75) is 13.3 Å². The molecule has 1 aromatic rings. The number of carbonyl (C=O) groups excluding carboxylic acids is 2. The van der Waals surface area contributed by atoms with Gasteiger partial charge in [0, 0.05) is 32.7 Å². The lowest BCUT2D eigenvalue weighted by Crippen LogP contribution is -2.26. The summed E-state index contributed by atoms with van der Waals surface area (Å²) in [6.07, 6.45) is 0.376. The molecule has 2 rings (SSSR count). The Morgan fingerprint density at radius 2 is 2.18 bits per heavy atom. The molecule has 1 amide bonds. The summed E-state index contributed by atoms with van der Waals surface area (Å²) in [6.45, 7) is 2.01. The number of nitrogens with zero attached hydrogens (tertiary/aromatic N) is 1. The van der Waals surface area contributed by atoms with Crippen LogP contribution in [0.1, 0.15) is 23.7 Å². The first kappa shape index (κ1) is 16.4. The summed E-state index contributed by atoms with van der Waals surface area (Å²) in [4.78, 5) is 36.0. The minimum Gasteiger partial charge on any atom is -0.478 e. The number of anilines is 2. The Balaban J connectivity index is 2.23. The van der Waals surface area contributed by atoms with Crippen LogP contribution in [0.3, 0.4) is 0 Å². The molecule has 0 aliphatic carbocycles. The van der Waals surface area contributed by atoms with Gasteiger partial charge in [0.25, 0.3) is 0 Å². The average molecular weight is 322 g/mol. The second-order valence-electron chi connectivity index (χ2n) is 5.16. The van der Waals surface area contributed by atoms with Gasteiger partial charge < -0.3 is 15.3 Å². The molecule has 0 aromatic heterocycles. The molecule has 1 aliphatic rings. The van der Waals surface area contributed by atoms with E-state index in [2.05, 4.69) is 5.32 Å². The molecule has 6 nitrogen and oxygen atoms in total. The largest absolute Gasteiger partial charge is 0.478 e. The maximum atomic E-state index is 12.2. The van der Waals surface area contributed by atoms with Crippen LogP contribution in [0, 0.1) is 5.92 Å². The molecule has 1 unspecified atom stereocenters. The van der Waals surface area contributed by atoms with Gasteiger partial charge in [-0.2, -0.15) is 0 Å². The van der Waals surface area contributed by atoms with E-state index in [1.54, 1.807) is 18.0 Å². The molecule has 0 saturated carbocycles. The first-order valence-electron chi connectivity index (χ1n) is 6.91. The van der Waals surface area contributed by atoms with Gasteiger partial charge in [0.1, 0.15) is 0 Å². The van der Waals surface area contributed by atoms with Crippen LogP contribution in [0.4, 0.5) is 11.4 Å². The molecule has 0 bridgehead atoms. The third-order valence-electron chi connectivity index (χ3n) is 3.53. The molecule has 1 heterocycles. The Bertz CT molecular complexity index is 618. The molecule has 1 atom stereocenters. The van der Waals surface area contributed by atoms with Crippen molar-refractivity contribution in [1.82, 2.24) is 0 Å². The summed E-state index contributed by atoms with van der Waals surface area (Å²) in [5.41, 5.74) is 1.42. The second kappa shape index (κ2) is 6.83. The predicted molar refractivity (Wildman–Crippen MR) is 86.5 cm³/mol. The van der Waals surface area contributed by atoms with E-state index in [4.69, 9.17) is 5.11 Å². The summed E-state index contributed by atoms with van der Waals surface area (Å²) in [6, 6.07) is 4.66. The van der Waals surface area contributed by atoms with Crippen LogP contribution >= 0.6 is 11.8 Å². The smallest absolute Gasteiger partial charge is 0.335 e. The fourth-order valence-electron chi connectivity index (χ4n) is 2.46. The monoisotopic (exact) mass is 322 g/mol. The highest BCUT2D eigenvalue weighted by Gasteiger charge is 2.32. The fraction of sp³-hybridized carbons (Fsp3) is 0.400. The highest BCUT2D eigenvalue weighted by Crippen LogP contribution is 2.33. The van der Waals surface area contributed by atoms with Crippen molar-refractivity contribution in [2.75, 3.05) is 29.6 Å². The Labute approximate surface area is 132 Å². The number of thioether (sulfide) groups is 1. The molecule has 1 fully saturated rings. The van der Waals surface area contributed by atoms with Crippen molar-refractivity contribution in [2.24, 2.45) is 5.92 Å². The van der Waals surface area contributed by atoms with Gasteiger partial charge in [-0.05, 0) is 24.1 Å². The summed E-state index contributed by atoms with van der Waals surface area (Å²) < 4.78 is 0. The SMILES string of the molecule is CNc1ccc(C(=O)O)cc1N1CC(CSC(C)=O)CC1=O. The summed E-state index contributed by atoms with van der Waals surface area (Å²) >= 11 is 1.22. The van der Waals surface area contributed by atoms with Gasteiger partial charge >= 0.3 is 5.97 Å². The van der Waals surface area contributed by atoms with Gasteiger partial charge in [0.2, 0.25) is 5.91 Å². The Hall–Kier alpha value is -2.02. The lowest BCUT2D eigenvalue weighted by molar-refractivity contribution is -0.117.